The molecule has 2 aliphatic rings. The summed E-state index contributed by atoms with van der Waals surface area (Å²) in [5.74, 6) is 1.60. The molecule has 4 aromatic carbocycles. The monoisotopic (exact) mass is 651 g/mol. The maximum Gasteiger partial charge on any atom is 0.494 e. The van der Waals surface area contributed by atoms with Gasteiger partial charge in [0, 0.05) is 27.5 Å². The van der Waals surface area contributed by atoms with Crippen molar-refractivity contribution in [3.05, 3.63) is 91.0 Å². The summed E-state index contributed by atoms with van der Waals surface area (Å²) in [6.07, 6.45) is 0. The van der Waals surface area contributed by atoms with Crippen LogP contribution in [0.5, 0.6) is 0 Å². The van der Waals surface area contributed by atoms with Gasteiger partial charge in [-0.3, -0.25) is 0 Å². The summed E-state index contributed by atoms with van der Waals surface area (Å²) in [5.41, 5.74) is 3.64. The maximum absolute atomic E-state index is 6.54. The Hall–Kier alpha value is -4.34. The Morgan fingerprint density at radius 2 is 0.959 bits per heavy atom. The fourth-order valence-electron chi connectivity index (χ4n) is 6.34. The van der Waals surface area contributed by atoms with Crippen LogP contribution >= 0.6 is 0 Å². The molecule has 0 N–H and O–H groups in total. The highest BCUT2D eigenvalue weighted by Crippen LogP contribution is 2.39. The zero-order valence-electron chi connectivity index (χ0n) is 29.2. The molecule has 2 aromatic heterocycles. The summed E-state index contributed by atoms with van der Waals surface area (Å²) in [6.45, 7) is 16.4. The third kappa shape index (κ3) is 5.38. The van der Waals surface area contributed by atoms with Crippen LogP contribution in [0.2, 0.25) is 0 Å². The Morgan fingerprint density at radius 1 is 0.469 bits per heavy atom. The van der Waals surface area contributed by atoms with E-state index < -0.39 is 36.6 Å². The third-order valence-corrected chi connectivity index (χ3v) is 10.6. The number of para-hydroxylation sites is 1. The zero-order valence-corrected chi connectivity index (χ0v) is 29.2. The first-order valence-corrected chi connectivity index (χ1v) is 16.8. The molecule has 0 atom stereocenters. The van der Waals surface area contributed by atoms with Gasteiger partial charge in [-0.05, 0) is 78.4 Å². The second kappa shape index (κ2) is 11.1. The molecule has 0 amide bonds. The van der Waals surface area contributed by atoms with Crippen molar-refractivity contribution < 1.29 is 23.0 Å². The van der Waals surface area contributed by atoms with Crippen LogP contribution in [0.1, 0.15) is 55.4 Å². The first kappa shape index (κ1) is 31.9. The van der Waals surface area contributed by atoms with Crippen molar-refractivity contribution in [3.63, 3.8) is 0 Å². The largest absolute Gasteiger partial charge is 0.494 e. The lowest BCUT2D eigenvalue weighted by atomic mass is 9.71. The molecule has 2 aliphatic heterocycles. The van der Waals surface area contributed by atoms with Crippen LogP contribution in [0.4, 0.5) is 0 Å². The van der Waals surface area contributed by atoms with Gasteiger partial charge in [-0.1, -0.05) is 78.9 Å². The van der Waals surface area contributed by atoms with Crippen LogP contribution < -0.4 is 10.9 Å². The van der Waals surface area contributed by atoms with E-state index in [9.17, 15) is 0 Å². The van der Waals surface area contributed by atoms with Crippen LogP contribution in [0, 0.1) is 0 Å². The first-order chi connectivity index (χ1) is 23.2. The maximum atomic E-state index is 6.54. The highest BCUT2D eigenvalue weighted by atomic mass is 16.7. The standard InChI is InChI=1S/C39H39B2N3O5/c1-36(2)37(3,4)47-40(46-36)26-21-25(22-27(23-26)41-48-38(5,6)39(7,8)49-41)34-42-33(24-15-10-9-11-16-24)43-35(44-34)29-18-14-20-31-32(29)28-17-12-13-19-30(28)45-31/h9-23H,1-8H3. The predicted octanol–water partition coefficient (Wildman–Crippen LogP) is 7.37. The fourth-order valence-corrected chi connectivity index (χ4v) is 6.34. The average molecular weight is 651 g/mol. The minimum atomic E-state index is -0.618. The predicted molar refractivity (Wildman–Crippen MR) is 195 cm³/mol. The Kier molecular flexibility index (Phi) is 7.22. The average Bonchev–Trinajstić information content (AvgIpc) is 3.64. The van der Waals surface area contributed by atoms with Crippen molar-refractivity contribution in [2.45, 2.75) is 77.8 Å². The second-order valence-electron chi connectivity index (χ2n) is 15.0. The minimum absolute atomic E-state index is 0.504. The van der Waals surface area contributed by atoms with Crippen LogP contribution in [0.15, 0.2) is 95.4 Å². The fraction of sp³-hybridized carbons (Fsp3) is 0.308. The van der Waals surface area contributed by atoms with Gasteiger partial charge in [0.2, 0.25) is 0 Å². The van der Waals surface area contributed by atoms with Gasteiger partial charge >= 0.3 is 14.2 Å². The number of rotatable bonds is 5. The number of nitrogens with zero attached hydrogens (tertiary/aromatic N) is 3. The van der Waals surface area contributed by atoms with Crippen molar-refractivity contribution in [2.24, 2.45) is 0 Å². The highest BCUT2D eigenvalue weighted by molar-refractivity contribution is 6.66. The molecule has 2 saturated heterocycles. The summed E-state index contributed by atoms with van der Waals surface area (Å²) >= 11 is 0. The van der Waals surface area contributed by atoms with Crippen molar-refractivity contribution in [3.8, 4) is 34.2 Å². The Bertz CT molecular complexity index is 2150. The number of aromatic nitrogens is 3. The molecule has 0 spiro atoms. The molecule has 0 aliphatic carbocycles. The van der Waals surface area contributed by atoms with Gasteiger partial charge in [0.15, 0.2) is 17.5 Å². The lowest BCUT2D eigenvalue weighted by molar-refractivity contribution is 0.00578. The number of furan rings is 1. The molecular weight excluding hydrogens is 612 g/mol. The molecule has 2 fully saturated rings. The molecule has 49 heavy (non-hydrogen) atoms. The minimum Gasteiger partial charge on any atom is -0.456 e. The van der Waals surface area contributed by atoms with Crippen molar-refractivity contribution in [1.29, 1.82) is 0 Å². The van der Waals surface area contributed by atoms with Crippen LogP contribution in [0.3, 0.4) is 0 Å². The Labute approximate surface area is 287 Å². The number of hydrogen-bond acceptors (Lipinski definition) is 8. The molecule has 8 rings (SSSR count). The molecule has 0 unspecified atom stereocenters. The zero-order chi connectivity index (χ0) is 34.3. The molecule has 4 heterocycles. The van der Waals surface area contributed by atoms with Gasteiger partial charge < -0.3 is 23.0 Å². The molecule has 246 valence electrons. The lowest BCUT2D eigenvalue weighted by Crippen LogP contribution is -2.41. The SMILES string of the molecule is CC1(C)OB(c2cc(B3OC(C)(C)C(C)(C)O3)cc(-c3nc(-c4ccccc4)nc(-c4cccc5oc6ccccc6c45)n3)c2)OC1(C)C. The van der Waals surface area contributed by atoms with E-state index in [0.717, 1.165) is 49.6 Å². The summed E-state index contributed by atoms with van der Waals surface area (Å²) in [4.78, 5) is 15.3. The number of hydrogen-bond donors (Lipinski definition) is 0. The van der Waals surface area contributed by atoms with E-state index in [1.807, 2.05) is 84.9 Å². The first-order valence-electron chi connectivity index (χ1n) is 16.8. The van der Waals surface area contributed by atoms with E-state index >= 15 is 0 Å². The smallest absolute Gasteiger partial charge is 0.456 e. The number of fused-ring (bicyclic) bond motifs is 3. The summed E-state index contributed by atoms with van der Waals surface area (Å²) < 4.78 is 32.4. The van der Waals surface area contributed by atoms with Gasteiger partial charge in [-0.15, -0.1) is 0 Å². The Morgan fingerprint density at radius 3 is 1.55 bits per heavy atom. The molecule has 6 aromatic rings. The molecule has 0 saturated carbocycles. The summed E-state index contributed by atoms with van der Waals surface area (Å²) in [5, 5.41) is 1.96. The van der Waals surface area contributed by atoms with Crippen LogP contribution in [-0.4, -0.2) is 51.6 Å². The summed E-state index contributed by atoms with van der Waals surface area (Å²) in [6, 6.07) is 30.1. The van der Waals surface area contributed by atoms with E-state index in [-0.39, 0.29) is 0 Å². The van der Waals surface area contributed by atoms with Gasteiger partial charge in [0.1, 0.15) is 11.2 Å². The van der Waals surface area contributed by atoms with E-state index in [0.29, 0.717) is 17.5 Å². The normalized spacial score (nSPS) is 19.3. The molecule has 0 radical (unpaired) electrons. The van der Waals surface area contributed by atoms with Gasteiger partial charge in [-0.2, -0.15) is 0 Å². The quantitative estimate of drug-likeness (QED) is 0.179. The third-order valence-electron chi connectivity index (χ3n) is 10.6. The van der Waals surface area contributed by atoms with E-state index in [1.54, 1.807) is 0 Å². The Balaban J connectivity index is 1.34. The molecule has 10 heteroatoms. The van der Waals surface area contributed by atoms with E-state index in [4.69, 9.17) is 38.0 Å². The topological polar surface area (TPSA) is 88.7 Å². The summed E-state index contributed by atoms with van der Waals surface area (Å²) in [7, 11) is -1.24. The highest BCUT2D eigenvalue weighted by Gasteiger charge is 2.54. The van der Waals surface area contributed by atoms with Crippen LogP contribution in [0.25, 0.3) is 56.1 Å². The second-order valence-corrected chi connectivity index (χ2v) is 15.0. The lowest BCUT2D eigenvalue weighted by Gasteiger charge is -2.32. The van der Waals surface area contributed by atoms with E-state index in [1.165, 1.54) is 0 Å². The van der Waals surface area contributed by atoms with Gasteiger partial charge in [-0.25, -0.2) is 15.0 Å². The van der Waals surface area contributed by atoms with Crippen molar-refractivity contribution in [2.75, 3.05) is 0 Å². The van der Waals surface area contributed by atoms with Gasteiger partial charge in [0.25, 0.3) is 0 Å². The van der Waals surface area contributed by atoms with E-state index in [2.05, 4.69) is 61.5 Å². The van der Waals surface area contributed by atoms with Crippen molar-refractivity contribution >= 4 is 47.1 Å². The van der Waals surface area contributed by atoms with Crippen molar-refractivity contribution in [1.82, 2.24) is 15.0 Å². The van der Waals surface area contributed by atoms with Gasteiger partial charge in [0.05, 0.1) is 22.4 Å². The molecule has 0 bridgehead atoms. The van der Waals surface area contributed by atoms with Crippen LogP contribution in [-0.2, 0) is 18.6 Å². The molecule has 8 nitrogen and oxygen atoms in total. The molecular formula is C39H39B2N3O5. The number of benzene rings is 4.